The summed E-state index contributed by atoms with van der Waals surface area (Å²) in [6.07, 6.45) is 3.72. The highest BCUT2D eigenvalue weighted by Gasteiger charge is 2.09. The zero-order valence-corrected chi connectivity index (χ0v) is 11.6. The average Bonchev–Trinajstić information content (AvgIpc) is 2.40. The van der Waals surface area contributed by atoms with Crippen molar-refractivity contribution < 1.29 is 9.90 Å². The van der Waals surface area contributed by atoms with E-state index in [2.05, 4.69) is 36.5 Å². The van der Waals surface area contributed by atoms with E-state index in [1.165, 1.54) is 17.5 Å². The SMILES string of the molecule is CCCc1ccc(CCNCCC(N)C(=O)O)cc1. The van der Waals surface area contributed by atoms with Crippen molar-refractivity contribution in [2.75, 3.05) is 13.1 Å². The third kappa shape index (κ3) is 6.36. The van der Waals surface area contributed by atoms with Crippen LogP contribution in [-0.4, -0.2) is 30.2 Å². The smallest absolute Gasteiger partial charge is 0.320 e. The molecule has 0 radical (unpaired) electrons. The second kappa shape index (κ2) is 8.67. The lowest BCUT2D eigenvalue weighted by Crippen LogP contribution is -2.34. The van der Waals surface area contributed by atoms with Crippen molar-refractivity contribution in [2.45, 2.75) is 38.6 Å². The third-order valence-corrected chi connectivity index (χ3v) is 3.10. The molecule has 0 saturated carbocycles. The molecule has 106 valence electrons. The number of benzene rings is 1. The van der Waals surface area contributed by atoms with Crippen molar-refractivity contribution in [2.24, 2.45) is 5.73 Å². The monoisotopic (exact) mass is 264 g/mol. The van der Waals surface area contributed by atoms with Gasteiger partial charge in [0.1, 0.15) is 6.04 Å². The van der Waals surface area contributed by atoms with Gasteiger partial charge in [0.15, 0.2) is 0 Å². The van der Waals surface area contributed by atoms with Crippen LogP contribution in [0.25, 0.3) is 0 Å². The van der Waals surface area contributed by atoms with Gasteiger partial charge in [0.05, 0.1) is 0 Å². The number of carbonyl (C=O) groups is 1. The summed E-state index contributed by atoms with van der Waals surface area (Å²) in [5.74, 6) is -0.937. The maximum absolute atomic E-state index is 10.5. The number of nitrogens with one attached hydrogen (secondary N) is 1. The van der Waals surface area contributed by atoms with Gasteiger partial charge in [0, 0.05) is 0 Å². The van der Waals surface area contributed by atoms with Gasteiger partial charge in [-0.2, -0.15) is 0 Å². The van der Waals surface area contributed by atoms with Crippen LogP contribution in [0.1, 0.15) is 30.9 Å². The van der Waals surface area contributed by atoms with Gasteiger partial charge in [-0.15, -0.1) is 0 Å². The predicted molar refractivity (Wildman–Crippen MR) is 77.2 cm³/mol. The van der Waals surface area contributed by atoms with E-state index in [0.717, 1.165) is 19.4 Å². The number of hydrogen-bond acceptors (Lipinski definition) is 3. The number of aliphatic carboxylic acids is 1. The number of carboxylic acids is 1. The van der Waals surface area contributed by atoms with E-state index < -0.39 is 12.0 Å². The lowest BCUT2D eigenvalue weighted by molar-refractivity contribution is -0.138. The summed E-state index contributed by atoms with van der Waals surface area (Å²) in [6, 6.07) is 7.92. The molecule has 1 unspecified atom stereocenters. The number of aryl methyl sites for hydroxylation is 1. The topological polar surface area (TPSA) is 75.3 Å². The Morgan fingerprint density at radius 2 is 1.79 bits per heavy atom. The number of nitrogens with two attached hydrogens (primary N) is 1. The first-order chi connectivity index (χ1) is 9.13. The van der Waals surface area contributed by atoms with Crippen LogP contribution in [-0.2, 0) is 17.6 Å². The van der Waals surface area contributed by atoms with Crippen molar-refractivity contribution in [3.63, 3.8) is 0 Å². The Balaban J connectivity index is 2.17. The quantitative estimate of drug-likeness (QED) is 0.592. The Morgan fingerprint density at radius 1 is 1.21 bits per heavy atom. The van der Waals surface area contributed by atoms with Crippen LogP contribution in [0.3, 0.4) is 0 Å². The van der Waals surface area contributed by atoms with Gasteiger partial charge in [-0.1, -0.05) is 37.6 Å². The minimum atomic E-state index is -0.937. The summed E-state index contributed by atoms with van der Waals surface area (Å²) in [7, 11) is 0. The van der Waals surface area contributed by atoms with Gasteiger partial charge in [-0.3, -0.25) is 4.79 Å². The molecule has 4 N–H and O–H groups in total. The Labute approximate surface area is 115 Å². The summed E-state index contributed by atoms with van der Waals surface area (Å²) in [4.78, 5) is 10.5. The van der Waals surface area contributed by atoms with E-state index >= 15 is 0 Å². The van der Waals surface area contributed by atoms with E-state index in [1.807, 2.05) is 0 Å². The Bertz CT molecular complexity index is 376. The van der Waals surface area contributed by atoms with Crippen LogP contribution in [0.2, 0.25) is 0 Å². The van der Waals surface area contributed by atoms with Gasteiger partial charge >= 0.3 is 5.97 Å². The summed E-state index contributed by atoms with van der Waals surface area (Å²) in [5, 5.41) is 11.8. The molecule has 1 rings (SSSR count). The van der Waals surface area contributed by atoms with Crippen LogP contribution in [0, 0.1) is 0 Å². The highest BCUT2D eigenvalue weighted by molar-refractivity contribution is 5.72. The molecule has 0 fully saturated rings. The molecular formula is C15H24N2O2. The van der Waals surface area contributed by atoms with E-state index in [-0.39, 0.29) is 0 Å². The Hall–Kier alpha value is -1.39. The number of hydrogen-bond donors (Lipinski definition) is 3. The van der Waals surface area contributed by atoms with E-state index in [0.29, 0.717) is 13.0 Å². The molecule has 4 nitrogen and oxygen atoms in total. The molecular weight excluding hydrogens is 240 g/mol. The van der Waals surface area contributed by atoms with E-state index in [1.54, 1.807) is 0 Å². The molecule has 0 bridgehead atoms. The van der Waals surface area contributed by atoms with Crippen molar-refractivity contribution in [3.05, 3.63) is 35.4 Å². The van der Waals surface area contributed by atoms with Crippen molar-refractivity contribution in [3.8, 4) is 0 Å². The van der Waals surface area contributed by atoms with Crippen LogP contribution < -0.4 is 11.1 Å². The largest absolute Gasteiger partial charge is 0.480 e. The molecule has 0 aliphatic carbocycles. The zero-order valence-electron chi connectivity index (χ0n) is 11.6. The fourth-order valence-corrected chi connectivity index (χ4v) is 1.90. The molecule has 19 heavy (non-hydrogen) atoms. The standard InChI is InChI=1S/C15H24N2O2/c1-2-3-12-4-6-13(7-5-12)8-10-17-11-9-14(16)15(18)19/h4-7,14,17H,2-3,8-11,16H2,1H3,(H,18,19). The molecule has 1 aromatic carbocycles. The first kappa shape index (κ1) is 15.7. The molecule has 0 saturated heterocycles. The number of carboxylic acid groups (broad SMARTS) is 1. The second-order valence-corrected chi connectivity index (χ2v) is 4.80. The highest BCUT2D eigenvalue weighted by Crippen LogP contribution is 2.06. The van der Waals surface area contributed by atoms with Crippen LogP contribution in [0.4, 0.5) is 0 Å². The molecule has 0 aliphatic rings. The normalized spacial score (nSPS) is 12.3. The van der Waals surface area contributed by atoms with E-state index in [4.69, 9.17) is 10.8 Å². The second-order valence-electron chi connectivity index (χ2n) is 4.80. The summed E-state index contributed by atoms with van der Waals surface area (Å²) < 4.78 is 0. The fourth-order valence-electron chi connectivity index (χ4n) is 1.90. The van der Waals surface area contributed by atoms with Crippen LogP contribution in [0.5, 0.6) is 0 Å². The Morgan fingerprint density at radius 3 is 2.32 bits per heavy atom. The van der Waals surface area contributed by atoms with Gasteiger partial charge in [-0.25, -0.2) is 0 Å². The molecule has 0 aromatic heterocycles. The third-order valence-electron chi connectivity index (χ3n) is 3.10. The highest BCUT2D eigenvalue weighted by atomic mass is 16.4. The molecule has 0 spiro atoms. The summed E-state index contributed by atoms with van der Waals surface area (Å²) >= 11 is 0. The van der Waals surface area contributed by atoms with Gasteiger partial charge in [0.25, 0.3) is 0 Å². The lowest BCUT2D eigenvalue weighted by Gasteiger charge is -2.08. The maximum atomic E-state index is 10.5. The average molecular weight is 264 g/mol. The van der Waals surface area contributed by atoms with Gasteiger partial charge < -0.3 is 16.2 Å². The van der Waals surface area contributed by atoms with Crippen molar-refractivity contribution >= 4 is 5.97 Å². The molecule has 1 atom stereocenters. The van der Waals surface area contributed by atoms with Gasteiger partial charge in [-0.05, 0) is 43.5 Å². The summed E-state index contributed by atoms with van der Waals surface area (Å²) in [6.45, 7) is 3.67. The molecule has 1 aromatic rings. The van der Waals surface area contributed by atoms with Crippen LogP contribution in [0.15, 0.2) is 24.3 Å². The zero-order chi connectivity index (χ0) is 14.1. The summed E-state index contributed by atoms with van der Waals surface area (Å²) in [5.41, 5.74) is 8.10. The minimum Gasteiger partial charge on any atom is -0.480 e. The molecule has 0 amide bonds. The van der Waals surface area contributed by atoms with Gasteiger partial charge in [0.2, 0.25) is 0 Å². The molecule has 0 heterocycles. The van der Waals surface area contributed by atoms with E-state index in [9.17, 15) is 4.79 Å². The Kier molecular flexibility index (Phi) is 7.15. The number of rotatable bonds is 9. The van der Waals surface area contributed by atoms with Crippen LogP contribution >= 0.6 is 0 Å². The maximum Gasteiger partial charge on any atom is 0.320 e. The minimum absolute atomic E-state index is 0.463. The first-order valence-corrected chi connectivity index (χ1v) is 6.90. The molecule has 0 aliphatic heterocycles. The predicted octanol–water partition coefficient (Wildman–Crippen LogP) is 1.57. The lowest BCUT2D eigenvalue weighted by atomic mass is 10.1. The van der Waals surface area contributed by atoms with Crippen molar-refractivity contribution in [1.82, 2.24) is 5.32 Å². The first-order valence-electron chi connectivity index (χ1n) is 6.90. The molecule has 4 heteroatoms. The fraction of sp³-hybridized carbons (Fsp3) is 0.533. The van der Waals surface area contributed by atoms with Crippen molar-refractivity contribution in [1.29, 1.82) is 0 Å².